The molecule has 0 amide bonds. The highest BCUT2D eigenvalue weighted by Gasteiger charge is 2.13. The molecule has 4 nitrogen and oxygen atoms in total. The predicted molar refractivity (Wildman–Crippen MR) is 55.0 cm³/mol. The van der Waals surface area contributed by atoms with E-state index >= 15 is 0 Å². The zero-order valence-electron chi connectivity index (χ0n) is 6.54. The van der Waals surface area contributed by atoms with Crippen molar-refractivity contribution in [2.75, 3.05) is 7.11 Å². The maximum Gasteiger partial charge on any atom is 0.356 e. The number of pyridine rings is 1. The number of aromatic hydroxyl groups is 1. The third-order valence-corrected chi connectivity index (χ3v) is 2.34. The molecule has 0 aliphatic rings. The van der Waals surface area contributed by atoms with Crippen LogP contribution < -0.4 is 0 Å². The normalized spacial score (nSPS) is 9.77. The van der Waals surface area contributed by atoms with Gasteiger partial charge in [-0.1, -0.05) is 11.6 Å². The summed E-state index contributed by atoms with van der Waals surface area (Å²) in [5.41, 5.74) is 0.0784. The molecule has 0 saturated heterocycles. The van der Waals surface area contributed by atoms with Crippen molar-refractivity contribution < 1.29 is 14.6 Å². The molecule has 1 aromatic rings. The fourth-order valence-corrected chi connectivity index (χ4v) is 1.59. The van der Waals surface area contributed by atoms with Crippen LogP contribution in [0.3, 0.4) is 0 Å². The summed E-state index contributed by atoms with van der Waals surface area (Å²) in [6.45, 7) is 0. The summed E-state index contributed by atoms with van der Waals surface area (Å²) >= 11 is 7.39. The van der Waals surface area contributed by atoms with E-state index in [2.05, 4.69) is 9.72 Å². The van der Waals surface area contributed by atoms with Crippen molar-refractivity contribution in [1.82, 2.24) is 4.98 Å². The second-order valence-electron chi connectivity index (χ2n) is 2.12. The molecule has 0 bridgehead atoms. The lowest BCUT2D eigenvalue weighted by Crippen LogP contribution is -2.05. The molecule has 0 unspecified atom stereocenters. The van der Waals surface area contributed by atoms with E-state index in [0.717, 1.165) is 0 Å². The number of halogens is 2. The number of methoxy groups -OCH3 is 1. The van der Waals surface area contributed by atoms with E-state index in [4.69, 9.17) is 11.6 Å². The fourth-order valence-electron chi connectivity index (χ4n) is 0.687. The summed E-state index contributed by atoms with van der Waals surface area (Å²) in [5.74, 6) is -0.713. The second-order valence-corrected chi connectivity index (χ2v) is 3.55. The lowest BCUT2D eigenvalue weighted by Gasteiger charge is -2.02. The van der Waals surface area contributed by atoms with E-state index in [9.17, 15) is 9.90 Å². The molecule has 0 fully saturated rings. The SMILES string of the molecule is COC(=O)c1cc(Cl)c(O)c(I)n1. The molecule has 1 rings (SSSR count). The van der Waals surface area contributed by atoms with Gasteiger partial charge in [-0.2, -0.15) is 0 Å². The van der Waals surface area contributed by atoms with Crippen LogP contribution in [0.2, 0.25) is 5.02 Å². The topological polar surface area (TPSA) is 59.4 Å². The van der Waals surface area contributed by atoms with E-state index < -0.39 is 5.97 Å². The first kappa shape index (κ1) is 10.5. The van der Waals surface area contributed by atoms with Crippen LogP contribution in [0.5, 0.6) is 5.75 Å². The Kier molecular flexibility index (Phi) is 3.32. The van der Waals surface area contributed by atoms with Crippen molar-refractivity contribution in [2.45, 2.75) is 0 Å². The first-order valence-corrected chi connectivity index (χ1v) is 4.65. The van der Waals surface area contributed by atoms with Gasteiger partial charge in [-0.05, 0) is 28.7 Å². The summed E-state index contributed by atoms with van der Waals surface area (Å²) in [5, 5.41) is 9.31. The van der Waals surface area contributed by atoms with Gasteiger partial charge in [0.1, 0.15) is 3.70 Å². The third kappa shape index (κ3) is 2.22. The Hall–Kier alpha value is -0.560. The quantitative estimate of drug-likeness (QED) is 0.488. The van der Waals surface area contributed by atoms with Crippen LogP contribution >= 0.6 is 34.2 Å². The minimum atomic E-state index is -0.584. The molecule has 6 heteroatoms. The molecular formula is C7H5ClINO3. The van der Waals surface area contributed by atoms with Gasteiger partial charge in [0.2, 0.25) is 0 Å². The van der Waals surface area contributed by atoms with Gasteiger partial charge >= 0.3 is 5.97 Å². The molecule has 0 aromatic carbocycles. The summed E-state index contributed by atoms with van der Waals surface area (Å²) in [6.07, 6.45) is 0. The van der Waals surface area contributed by atoms with Gasteiger partial charge in [0, 0.05) is 0 Å². The number of carbonyl (C=O) groups excluding carboxylic acids is 1. The van der Waals surface area contributed by atoms with E-state index in [1.54, 1.807) is 22.6 Å². The molecule has 0 saturated carbocycles. The third-order valence-electron chi connectivity index (χ3n) is 1.30. The van der Waals surface area contributed by atoms with Gasteiger partial charge in [-0.3, -0.25) is 0 Å². The smallest absolute Gasteiger partial charge is 0.356 e. The maximum atomic E-state index is 11.0. The van der Waals surface area contributed by atoms with Gasteiger partial charge in [0.05, 0.1) is 12.1 Å². The largest absolute Gasteiger partial charge is 0.504 e. The molecule has 0 aliphatic carbocycles. The molecule has 0 radical (unpaired) electrons. The molecule has 13 heavy (non-hydrogen) atoms. The molecule has 1 N–H and O–H groups in total. The minimum absolute atomic E-state index is 0.0784. The molecule has 1 aromatic heterocycles. The van der Waals surface area contributed by atoms with Crippen molar-refractivity contribution in [3.63, 3.8) is 0 Å². The lowest BCUT2D eigenvalue weighted by molar-refractivity contribution is 0.0593. The van der Waals surface area contributed by atoms with Crippen molar-refractivity contribution in [1.29, 1.82) is 0 Å². The fraction of sp³-hybridized carbons (Fsp3) is 0.143. The van der Waals surface area contributed by atoms with Crippen molar-refractivity contribution >= 4 is 40.2 Å². The highest BCUT2D eigenvalue weighted by atomic mass is 127. The minimum Gasteiger partial charge on any atom is -0.504 e. The number of esters is 1. The summed E-state index contributed by atoms with van der Waals surface area (Å²) in [7, 11) is 1.25. The standard InChI is InChI=1S/C7H5ClINO3/c1-13-7(12)4-2-3(8)5(11)6(9)10-4/h2,11H,1H3. The monoisotopic (exact) mass is 313 g/mol. The molecule has 70 valence electrons. The van der Waals surface area contributed by atoms with Crippen LogP contribution in [0.1, 0.15) is 10.5 Å². The first-order valence-electron chi connectivity index (χ1n) is 3.19. The maximum absolute atomic E-state index is 11.0. The molecule has 0 aliphatic heterocycles. The van der Waals surface area contributed by atoms with Gasteiger partial charge in [0.25, 0.3) is 0 Å². The van der Waals surface area contributed by atoms with Gasteiger partial charge < -0.3 is 9.84 Å². The number of hydrogen-bond acceptors (Lipinski definition) is 4. The number of carbonyl (C=O) groups is 1. The van der Waals surface area contributed by atoms with Crippen LogP contribution in [-0.4, -0.2) is 23.2 Å². The van der Waals surface area contributed by atoms with E-state index in [0.29, 0.717) is 0 Å². The van der Waals surface area contributed by atoms with E-state index in [1.165, 1.54) is 13.2 Å². The zero-order valence-corrected chi connectivity index (χ0v) is 9.46. The average molecular weight is 313 g/mol. The Morgan fingerprint density at radius 2 is 2.38 bits per heavy atom. The lowest BCUT2D eigenvalue weighted by atomic mass is 10.3. The number of rotatable bonds is 1. The number of aromatic nitrogens is 1. The van der Waals surface area contributed by atoms with E-state index in [1.807, 2.05) is 0 Å². The van der Waals surface area contributed by atoms with Gasteiger partial charge in [0.15, 0.2) is 11.4 Å². The highest BCUT2D eigenvalue weighted by molar-refractivity contribution is 14.1. The highest BCUT2D eigenvalue weighted by Crippen LogP contribution is 2.27. The Balaban J connectivity index is 3.20. The van der Waals surface area contributed by atoms with Crippen LogP contribution in [0.4, 0.5) is 0 Å². The molecule has 1 heterocycles. The van der Waals surface area contributed by atoms with Crippen LogP contribution in [0.15, 0.2) is 6.07 Å². The van der Waals surface area contributed by atoms with Crippen LogP contribution in [-0.2, 0) is 4.74 Å². The second kappa shape index (κ2) is 4.10. The van der Waals surface area contributed by atoms with E-state index in [-0.39, 0.29) is 20.2 Å². The van der Waals surface area contributed by atoms with Crippen molar-refractivity contribution in [2.24, 2.45) is 0 Å². The molecular weight excluding hydrogens is 308 g/mol. The average Bonchev–Trinajstić information content (AvgIpc) is 2.12. The van der Waals surface area contributed by atoms with Crippen LogP contribution in [0.25, 0.3) is 0 Å². The summed E-state index contributed by atoms with van der Waals surface area (Å²) < 4.78 is 4.71. The zero-order chi connectivity index (χ0) is 10.0. The number of hydrogen-bond donors (Lipinski definition) is 1. The molecule has 0 spiro atoms. The Bertz CT molecular complexity index is 333. The number of ether oxygens (including phenoxy) is 1. The summed E-state index contributed by atoms with van der Waals surface area (Å²) in [4.78, 5) is 14.8. The molecule has 0 atom stereocenters. The van der Waals surface area contributed by atoms with Gasteiger partial charge in [-0.15, -0.1) is 0 Å². The van der Waals surface area contributed by atoms with Gasteiger partial charge in [-0.25, -0.2) is 9.78 Å². The first-order chi connectivity index (χ1) is 6.06. The summed E-state index contributed by atoms with van der Waals surface area (Å²) in [6, 6.07) is 1.25. The van der Waals surface area contributed by atoms with Crippen molar-refractivity contribution in [3.05, 3.63) is 20.5 Å². The van der Waals surface area contributed by atoms with Crippen LogP contribution in [0, 0.1) is 3.70 Å². The predicted octanol–water partition coefficient (Wildman–Crippen LogP) is 1.83. The van der Waals surface area contributed by atoms with Crippen molar-refractivity contribution in [3.8, 4) is 5.75 Å². The Morgan fingerprint density at radius 1 is 1.77 bits per heavy atom. The Morgan fingerprint density at radius 3 is 2.85 bits per heavy atom. The Labute approximate surface area is 93.0 Å². The number of nitrogens with zero attached hydrogens (tertiary/aromatic N) is 1.